The Morgan fingerprint density at radius 2 is 2.42 bits per heavy atom. The molecule has 1 atom stereocenters. The van der Waals surface area contributed by atoms with Crippen molar-refractivity contribution in [1.82, 2.24) is 10.3 Å². The van der Waals surface area contributed by atoms with Crippen molar-refractivity contribution in [1.29, 1.82) is 0 Å². The molecule has 1 rings (SSSR count). The molecule has 1 aromatic heterocycles. The van der Waals surface area contributed by atoms with Crippen LogP contribution in [-0.4, -0.2) is 36.4 Å². The van der Waals surface area contributed by atoms with Gasteiger partial charge in [-0.15, -0.1) is 6.04 Å². The second-order valence-corrected chi connectivity index (χ2v) is 6.16. The summed E-state index contributed by atoms with van der Waals surface area (Å²) < 4.78 is 5.16. The Balaban J connectivity index is 2.06. The van der Waals surface area contributed by atoms with Crippen LogP contribution in [0.4, 0.5) is 0 Å². The number of nitrogens with one attached hydrogen (secondary N) is 1. The number of ether oxygens (including phenoxy) is 1. The Bertz CT molecular complexity index is 359. The fourth-order valence-electron chi connectivity index (χ4n) is 1.31. The molecule has 1 aromatic rings. The Morgan fingerprint density at radius 1 is 1.58 bits per heavy atom. The zero-order valence-electron chi connectivity index (χ0n) is 11.2. The molecule has 0 aliphatic rings. The summed E-state index contributed by atoms with van der Waals surface area (Å²) in [5.41, 5.74) is 0. The van der Waals surface area contributed by atoms with Gasteiger partial charge >= 0.3 is 5.97 Å². The van der Waals surface area contributed by atoms with Gasteiger partial charge in [0.05, 0.1) is 0 Å². The van der Waals surface area contributed by atoms with Crippen LogP contribution in [0.2, 0.25) is 0 Å². The molecule has 0 bridgehead atoms. The molecule has 106 valence electrons. The van der Waals surface area contributed by atoms with E-state index in [4.69, 9.17) is 4.74 Å². The van der Waals surface area contributed by atoms with Gasteiger partial charge in [0.2, 0.25) is 0 Å². The molecule has 0 aromatic carbocycles. The van der Waals surface area contributed by atoms with Crippen LogP contribution >= 0.6 is 21.6 Å². The van der Waals surface area contributed by atoms with Gasteiger partial charge in [-0.05, 0) is 30.0 Å². The maximum Gasteiger partial charge on any atom is 0.304 e. The molecule has 0 aliphatic heterocycles. The summed E-state index contributed by atoms with van der Waals surface area (Å²) in [4.78, 5) is 15.7. The van der Waals surface area contributed by atoms with Crippen molar-refractivity contribution in [2.24, 2.45) is 0 Å². The summed E-state index contributed by atoms with van der Waals surface area (Å²) in [6.45, 7) is 2.36. The normalized spacial score (nSPS) is 12.1. The second kappa shape index (κ2) is 10.1. The molecule has 0 amide bonds. The van der Waals surface area contributed by atoms with E-state index in [1.165, 1.54) is 0 Å². The maximum atomic E-state index is 11.5. The number of nitrogens with zero attached hydrogens (tertiary/aromatic N) is 1. The van der Waals surface area contributed by atoms with Crippen LogP contribution in [0.25, 0.3) is 0 Å². The lowest BCUT2D eigenvalue weighted by Gasteiger charge is -2.20. The zero-order valence-corrected chi connectivity index (χ0v) is 12.8. The Hall–Kier alpha value is -0.720. The fourth-order valence-corrected chi connectivity index (χ4v) is 3.02. The van der Waals surface area contributed by atoms with E-state index in [-0.39, 0.29) is 12.0 Å². The lowest BCUT2D eigenvalue weighted by atomic mass is 10.1. The number of rotatable bonds is 9. The average Bonchev–Trinajstić information content (AvgIpc) is 2.45. The molecule has 4 nitrogen and oxygen atoms in total. The van der Waals surface area contributed by atoms with E-state index in [0.717, 1.165) is 10.8 Å². The van der Waals surface area contributed by atoms with Crippen LogP contribution in [-0.2, 0) is 9.53 Å². The van der Waals surface area contributed by atoms with E-state index in [2.05, 4.69) is 10.3 Å². The maximum absolute atomic E-state index is 11.5. The van der Waals surface area contributed by atoms with Crippen molar-refractivity contribution in [2.75, 3.05) is 19.4 Å². The van der Waals surface area contributed by atoms with Crippen molar-refractivity contribution >= 4 is 27.6 Å². The van der Waals surface area contributed by atoms with Gasteiger partial charge in [0.1, 0.15) is 11.6 Å². The van der Waals surface area contributed by atoms with Gasteiger partial charge in [0.15, 0.2) is 0 Å². The summed E-state index contributed by atoms with van der Waals surface area (Å²) in [6, 6.07) is 5.88. The predicted molar refractivity (Wildman–Crippen MR) is 80.9 cm³/mol. The summed E-state index contributed by atoms with van der Waals surface area (Å²) in [7, 11) is 5.05. The molecule has 1 N–H and O–H groups in total. The minimum atomic E-state index is -0.166. The van der Waals surface area contributed by atoms with Crippen molar-refractivity contribution in [3.05, 3.63) is 30.8 Å². The van der Waals surface area contributed by atoms with Crippen molar-refractivity contribution < 1.29 is 9.53 Å². The minimum Gasteiger partial charge on any atom is -0.465 e. The van der Waals surface area contributed by atoms with Gasteiger partial charge < -0.3 is 16.5 Å². The van der Waals surface area contributed by atoms with Crippen LogP contribution < -0.4 is 5.32 Å². The first-order valence-electron chi connectivity index (χ1n) is 6.09. The zero-order chi connectivity index (χ0) is 13.9. The number of carbonyl (C=O) groups is 1. The second-order valence-electron chi connectivity index (χ2n) is 3.73. The van der Waals surface area contributed by atoms with Crippen molar-refractivity contribution in [3.63, 3.8) is 0 Å². The molecule has 0 saturated heterocycles. The predicted octanol–water partition coefficient (Wildman–Crippen LogP) is 2.57. The monoisotopic (exact) mass is 299 g/mol. The third-order valence-electron chi connectivity index (χ3n) is 2.37. The van der Waals surface area contributed by atoms with Gasteiger partial charge in [-0.3, -0.25) is 4.79 Å². The van der Waals surface area contributed by atoms with Crippen molar-refractivity contribution in [3.8, 4) is 0 Å². The van der Waals surface area contributed by atoms with E-state index >= 15 is 0 Å². The highest BCUT2D eigenvalue weighted by Gasteiger charge is 2.05. The average molecular weight is 299 g/mol. The number of hydrogen-bond acceptors (Lipinski definition) is 6. The first-order chi connectivity index (χ1) is 9.26. The molecular formula is C13H19N2O2S2-. The summed E-state index contributed by atoms with van der Waals surface area (Å²) in [5.74, 6) is 0.591. The molecule has 0 aliphatic carbocycles. The molecule has 6 heteroatoms. The molecular weight excluding hydrogens is 280 g/mol. The van der Waals surface area contributed by atoms with Crippen LogP contribution in [0, 0.1) is 6.42 Å². The Kier molecular flexibility index (Phi) is 8.69. The highest BCUT2D eigenvalue weighted by molar-refractivity contribution is 8.76. The SMILES string of the molecule is C[CH-]C(CC(=O)OCCSSc1ccccn1)NC. The van der Waals surface area contributed by atoms with E-state index in [1.807, 2.05) is 38.6 Å². The topological polar surface area (TPSA) is 51.2 Å². The smallest absolute Gasteiger partial charge is 0.304 e. The van der Waals surface area contributed by atoms with Gasteiger partial charge in [0, 0.05) is 18.4 Å². The third kappa shape index (κ3) is 7.44. The highest BCUT2D eigenvalue weighted by atomic mass is 33.1. The van der Waals surface area contributed by atoms with Gasteiger partial charge in [-0.2, -0.15) is 6.92 Å². The van der Waals surface area contributed by atoms with E-state index in [0.29, 0.717) is 13.0 Å². The summed E-state index contributed by atoms with van der Waals surface area (Å²) >= 11 is 0. The third-order valence-corrected chi connectivity index (χ3v) is 4.60. The lowest BCUT2D eigenvalue weighted by molar-refractivity contribution is -0.143. The minimum absolute atomic E-state index is 0.0862. The first kappa shape index (κ1) is 16.3. The molecule has 0 radical (unpaired) electrons. The molecule has 0 fully saturated rings. The standard InChI is InChI=1S/C13H19N2O2S2/c1-3-11(14-2)10-13(16)17-8-9-18-19-12-6-4-5-7-15-12/h3-7,11,14H,8-10H2,1-2H3/q-1. The van der Waals surface area contributed by atoms with Crippen molar-refractivity contribution in [2.45, 2.75) is 24.4 Å². The largest absolute Gasteiger partial charge is 0.465 e. The Labute approximate surface area is 122 Å². The van der Waals surface area contributed by atoms with Crippen LogP contribution in [0.3, 0.4) is 0 Å². The lowest BCUT2D eigenvalue weighted by Crippen LogP contribution is -2.28. The van der Waals surface area contributed by atoms with Gasteiger partial charge in [-0.1, -0.05) is 16.9 Å². The molecule has 19 heavy (non-hydrogen) atoms. The highest BCUT2D eigenvalue weighted by Crippen LogP contribution is 2.28. The van der Waals surface area contributed by atoms with Crippen LogP contribution in [0.5, 0.6) is 0 Å². The quantitative estimate of drug-likeness (QED) is 0.327. The van der Waals surface area contributed by atoms with Gasteiger partial charge in [-0.25, -0.2) is 4.98 Å². The van der Waals surface area contributed by atoms with E-state index in [1.54, 1.807) is 27.8 Å². The fraction of sp³-hybridized carbons (Fsp3) is 0.462. The number of hydrogen-bond donors (Lipinski definition) is 1. The van der Waals surface area contributed by atoms with E-state index < -0.39 is 0 Å². The number of esters is 1. The molecule has 0 spiro atoms. The number of pyridine rings is 1. The van der Waals surface area contributed by atoms with Crippen LogP contribution in [0.15, 0.2) is 29.4 Å². The molecule has 0 saturated carbocycles. The molecule has 1 unspecified atom stereocenters. The number of carbonyl (C=O) groups excluding carboxylic acids is 1. The number of aromatic nitrogens is 1. The summed E-state index contributed by atoms with van der Waals surface area (Å²) in [6.07, 6.45) is 4.10. The summed E-state index contributed by atoms with van der Waals surface area (Å²) in [5, 5.41) is 4.00. The first-order valence-corrected chi connectivity index (χ1v) is 8.41. The van der Waals surface area contributed by atoms with Gasteiger partial charge in [0.25, 0.3) is 0 Å². The van der Waals surface area contributed by atoms with E-state index in [9.17, 15) is 4.79 Å². The van der Waals surface area contributed by atoms with Crippen LogP contribution in [0.1, 0.15) is 13.3 Å². The Morgan fingerprint density at radius 3 is 3.05 bits per heavy atom. The molecule has 1 heterocycles.